The lowest BCUT2D eigenvalue weighted by atomic mass is 10.4. The molecular formula is C13H19NO. The Morgan fingerprint density at radius 2 is 0.467 bits per heavy atom. The monoisotopic (exact) mass is 205 g/mol. The number of benzene rings is 2. The second-order valence-corrected chi connectivity index (χ2v) is 2.31. The first-order valence-electron chi connectivity index (χ1n) is 4.58. The van der Waals surface area contributed by atoms with E-state index >= 15 is 0 Å². The van der Waals surface area contributed by atoms with Crippen LogP contribution in [0.5, 0.6) is 0 Å². The molecule has 0 heterocycles. The first-order chi connectivity index (χ1) is 7.00. The minimum atomic E-state index is 0. The topological polar surface area (TPSA) is 57.5 Å². The SMILES string of the molecule is CN.O.c1ccccc1.c1ccccc1. The van der Waals surface area contributed by atoms with Crippen molar-refractivity contribution in [1.82, 2.24) is 0 Å². The zero-order chi connectivity index (χ0) is 10.5. The van der Waals surface area contributed by atoms with Crippen molar-refractivity contribution in [2.75, 3.05) is 7.05 Å². The lowest BCUT2D eigenvalue weighted by Gasteiger charge is -1.69. The van der Waals surface area contributed by atoms with Crippen LogP contribution < -0.4 is 5.73 Å². The zero-order valence-corrected chi connectivity index (χ0v) is 9.01. The summed E-state index contributed by atoms with van der Waals surface area (Å²) in [6.45, 7) is 0. The first kappa shape index (κ1) is 15.8. The van der Waals surface area contributed by atoms with E-state index in [-0.39, 0.29) is 5.48 Å². The molecule has 0 atom stereocenters. The molecule has 0 amide bonds. The van der Waals surface area contributed by atoms with Crippen molar-refractivity contribution >= 4 is 0 Å². The molecule has 0 aliphatic rings. The third-order valence-electron chi connectivity index (χ3n) is 1.33. The standard InChI is InChI=1S/2C6H6.CH5N.H2O/c2*1-2-4-6-5-3-1;1-2;/h2*1-6H;2H2,1H3;1H2. The smallest absolute Gasteiger partial charge is 0.0195 e. The van der Waals surface area contributed by atoms with Crippen LogP contribution in [0.15, 0.2) is 72.8 Å². The molecular weight excluding hydrogens is 186 g/mol. The summed E-state index contributed by atoms with van der Waals surface area (Å²) in [5.74, 6) is 0. The molecule has 15 heavy (non-hydrogen) atoms. The van der Waals surface area contributed by atoms with Crippen LogP contribution in [0.4, 0.5) is 0 Å². The molecule has 0 bridgehead atoms. The molecule has 0 aliphatic heterocycles. The van der Waals surface area contributed by atoms with Gasteiger partial charge in [0.15, 0.2) is 0 Å². The van der Waals surface area contributed by atoms with Gasteiger partial charge in [-0.3, -0.25) is 0 Å². The summed E-state index contributed by atoms with van der Waals surface area (Å²) in [5, 5.41) is 0. The molecule has 2 aromatic carbocycles. The van der Waals surface area contributed by atoms with E-state index in [0.717, 1.165) is 0 Å². The van der Waals surface area contributed by atoms with Crippen molar-refractivity contribution in [1.29, 1.82) is 0 Å². The lowest BCUT2D eigenvalue weighted by molar-refractivity contribution is 0.824. The fraction of sp³-hybridized carbons (Fsp3) is 0.0769. The predicted octanol–water partition coefficient (Wildman–Crippen LogP) is 2.12. The zero-order valence-electron chi connectivity index (χ0n) is 9.01. The van der Waals surface area contributed by atoms with Gasteiger partial charge in [-0.15, -0.1) is 0 Å². The van der Waals surface area contributed by atoms with Crippen LogP contribution in [-0.4, -0.2) is 12.5 Å². The average molecular weight is 205 g/mol. The van der Waals surface area contributed by atoms with Crippen molar-refractivity contribution in [3.05, 3.63) is 72.8 Å². The van der Waals surface area contributed by atoms with E-state index in [1.807, 2.05) is 72.8 Å². The van der Waals surface area contributed by atoms with Crippen molar-refractivity contribution in [3.63, 3.8) is 0 Å². The minimum Gasteiger partial charge on any atom is -0.412 e. The number of hydrogen-bond acceptors (Lipinski definition) is 1. The predicted molar refractivity (Wildman–Crippen MR) is 66.6 cm³/mol. The van der Waals surface area contributed by atoms with Crippen molar-refractivity contribution in [2.24, 2.45) is 5.73 Å². The van der Waals surface area contributed by atoms with E-state index in [2.05, 4.69) is 5.73 Å². The van der Waals surface area contributed by atoms with Crippen LogP contribution in [0, 0.1) is 0 Å². The van der Waals surface area contributed by atoms with Gasteiger partial charge in [-0.2, -0.15) is 0 Å². The Labute approximate surface area is 91.7 Å². The highest BCUT2D eigenvalue weighted by molar-refractivity contribution is 4.99. The van der Waals surface area contributed by atoms with Gasteiger partial charge < -0.3 is 11.2 Å². The van der Waals surface area contributed by atoms with Gasteiger partial charge in [0.25, 0.3) is 0 Å². The van der Waals surface area contributed by atoms with E-state index in [9.17, 15) is 0 Å². The maximum atomic E-state index is 4.50. The molecule has 0 spiro atoms. The maximum Gasteiger partial charge on any atom is -0.0195 e. The molecule has 0 unspecified atom stereocenters. The third-order valence-corrected chi connectivity index (χ3v) is 1.33. The molecule has 2 aromatic rings. The van der Waals surface area contributed by atoms with E-state index in [1.165, 1.54) is 7.05 Å². The van der Waals surface area contributed by atoms with Crippen LogP contribution in [-0.2, 0) is 0 Å². The van der Waals surface area contributed by atoms with Gasteiger partial charge in [0.05, 0.1) is 0 Å². The van der Waals surface area contributed by atoms with Crippen molar-refractivity contribution < 1.29 is 5.48 Å². The Kier molecular flexibility index (Phi) is 15.7. The normalized spacial score (nSPS) is 6.80. The van der Waals surface area contributed by atoms with E-state index in [0.29, 0.717) is 0 Å². The fourth-order valence-electron chi connectivity index (χ4n) is 0.770. The maximum absolute atomic E-state index is 4.50. The van der Waals surface area contributed by atoms with Gasteiger partial charge in [-0.25, -0.2) is 0 Å². The molecule has 82 valence electrons. The van der Waals surface area contributed by atoms with E-state index in [1.54, 1.807) is 0 Å². The van der Waals surface area contributed by atoms with Gasteiger partial charge in [-0.05, 0) is 7.05 Å². The van der Waals surface area contributed by atoms with Gasteiger partial charge in [0.2, 0.25) is 0 Å². The second-order valence-electron chi connectivity index (χ2n) is 2.31. The largest absolute Gasteiger partial charge is 0.412 e. The summed E-state index contributed by atoms with van der Waals surface area (Å²) in [4.78, 5) is 0. The molecule has 2 rings (SSSR count). The average Bonchev–Trinajstić information content (AvgIpc) is 2.37. The van der Waals surface area contributed by atoms with Crippen LogP contribution in [0.1, 0.15) is 0 Å². The minimum absolute atomic E-state index is 0. The highest BCUT2D eigenvalue weighted by Gasteiger charge is 1.58. The molecule has 0 aromatic heterocycles. The van der Waals surface area contributed by atoms with Gasteiger partial charge in [0, 0.05) is 0 Å². The van der Waals surface area contributed by atoms with Crippen LogP contribution >= 0.6 is 0 Å². The Balaban J connectivity index is 0. The molecule has 0 saturated heterocycles. The Bertz CT molecular complexity index is 186. The molecule has 2 nitrogen and oxygen atoms in total. The molecule has 0 fully saturated rings. The fourth-order valence-corrected chi connectivity index (χ4v) is 0.770. The third kappa shape index (κ3) is 12.4. The highest BCUT2D eigenvalue weighted by Crippen LogP contribution is 1.80. The summed E-state index contributed by atoms with van der Waals surface area (Å²) in [7, 11) is 1.50. The number of rotatable bonds is 0. The Morgan fingerprint density at radius 1 is 0.400 bits per heavy atom. The van der Waals surface area contributed by atoms with Gasteiger partial charge >= 0.3 is 0 Å². The van der Waals surface area contributed by atoms with Crippen LogP contribution in [0.25, 0.3) is 0 Å². The van der Waals surface area contributed by atoms with E-state index in [4.69, 9.17) is 0 Å². The summed E-state index contributed by atoms with van der Waals surface area (Å²) in [6, 6.07) is 24.0. The molecule has 0 radical (unpaired) electrons. The second kappa shape index (κ2) is 14.9. The van der Waals surface area contributed by atoms with Crippen LogP contribution in [0.3, 0.4) is 0 Å². The summed E-state index contributed by atoms with van der Waals surface area (Å²) >= 11 is 0. The molecule has 0 aliphatic carbocycles. The molecule has 2 heteroatoms. The Morgan fingerprint density at radius 3 is 0.533 bits per heavy atom. The van der Waals surface area contributed by atoms with Gasteiger partial charge in [-0.1, -0.05) is 72.8 Å². The number of nitrogens with two attached hydrogens (primary N) is 1. The summed E-state index contributed by atoms with van der Waals surface area (Å²) < 4.78 is 0. The molecule has 4 N–H and O–H groups in total. The summed E-state index contributed by atoms with van der Waals surface area (Å²) in [5.41, 5.74) is 4.50. The quantitative estimate of drug-likeness (QED) is 0.703. The lowest BCUT2D eigenvalue weighted by Crippen LogP contribution is -1.69. The van der Waals surface area contributed by atoms with E-state index < -0.39 is 0 Å². The van der Waals surface area contributed by atoms with Gasteiger partial charge in [0.1, 0.15) is 0 Å². The Hall–Kier alpha value is -1.64. The number of hydrogen-bond donors (Lipinski definition) is 1. The molecule has 0 saturated carbocycles. The van der Waals surface area contributed by atoms with Crippen molar-refractivity contribution in [3.8, 4) is 0 Å². The van der Waals surface area contributed by atoms with Crippen LogP contribution in [0.2, 0.25) is 0 Å². The summed E-state index contributed by atoms with van der Waals surface area (Å²) in [6.07, 6.45) is 0. The first-order valence-corrected chi connectivity index (χ1v) is 4.58. The highest BCUT2D eigenvalue weighted by atomic mass is 16.0. The van der Waals surface area contributed by atoms with Crippen molar-refractivity contribution in [2.45, 2.75) is 0 Å².